The summed E-state index contributed by atoms with van der Waals surface area (Å²) in [6.45, 7) is 3.56. The van der Waals surface area contributed by atoms with E-state index < -0.39 is 0 Å². The smallest absolute Gasteiger partial charge is 0.0380 e. The third-order valence-electron chi connectivity index (χ3n) is 0.911. The molecule has 0 unspecified atom stereocenters. The fourth-order valence-corrected chi connectivity index (χ4v) is 0.464. The molecular formula is C7H14N2. The molecule has 0 aromatic heterocycles. The first-order valence-electron chi connectivity index (χ1n) is 3.21. The van der Waals surface area contributed by atoms with Gasteiger partial charge in [0.05, 0.1) is 0 Å². The molecular weight excluding hydrogens is 112 g/mol. The van der Waals surface area contributed by atoms with Crippen LogP contribution in [0.25, 0.3) is 0 Å². The van der Waals surface area contributed by atoms with Crippen molar-refractivity contribution in [1.29, 1.82) is 0 Å². The maximum absolute atomic E-state index is 5.29. The first-order valence-corrected chi connectivity index (χ1v) is 3.21. The van der Waals surface area contributed by atoms with E-state index in [1.54, 1.807) is 0 Å². The molecule has 0 aromatic rings. The van der Waals surface area contributed by atoms with Gasteiger partial charge in [-0.1, -0.05) is 12.8 Å². The Balaban J connectivity index is 3.36. The normalized spacial score (nSPS) is 7.89. The summed E-state index contributed by atoms with van der Waals surface area (Å²) in [5.41, 5.74) is 5.29. The highest BCUT2D eigenvalue weighted by molar-refractivity contribution is 4.96. The maximum atomic E-state index is 5.29. The summed E-state index contributed by atoms with van der Waals surface area (Å²) in [6, 6.07) is 2.94. The van der Waals surface area contributed by atoms with Crippen molar-refractivity contribution in [2.75, 3.05) is 20.1 Å². The average Bonchev–Trinajstić information content (AvgIpc) is 1.85. The Hall–Kier alpha value is -0.680. The second-order valence-corrected chi connectivity index (χ2v) is 1.85. The van der Waals surface area contributed by atoms with E-state index in [4.69, 9.17) is 5.73 Å². The molecule has 0 aliphatic rings. The minimum Gasteiger partial charge on any atom is -0.334 e. The van der Waals surface area contributed by atoms with Crippen molar-refractivity contribution < 1.29 is 0 Å². The van der Waals surface area contributed by atoms with Gasteiger partial charge in [-0.25, -0.2) is 0 Å². The Kier molecular flexibility index (Phi) is 5.04. The van der Waals surface area contributed by atoms with E-state index in [0.717, 1.165) is 13.0 Å². The van der Waals surface area contributed by atoms with Crippen molar-refractivity contribution in [3.63, 3.8) is 0 Å². The van der Waals surface area contributed by atoms with Crippen LogP contribution >= 0.6 is 0 Å². The third-order valence-corrected chi connectivity index (χ3v) is 0.911. The zero-order valence-electron chi connectivity index (χ0n) is 6.15. The molecule has 0 aliphatic carbocycles. The van der Waals surface area contributed by atoms with Crippen molar-refractivity contribution in [3.8, 4) is 12.0 Å². The number of nitrogens with zero attached hydrogens (tertiary/aromatic N) is 1. The van der Waals surface area contributed by atoms with Gasteiger partial charge < -0.3 is 10.6 Å². The van der Waals surface area contributed by atoms with Crippen LogP contribution in [-0.4, -0.2) is 25.0 Å². The fraction of sp³-hybridized carbons (Fsp3) is 0.714. The summed E-state index contributed by atoms with van der Waals surface area (Å²) in [5, 5.41) is 0. The summed E-state index contributed by atoms with van der Waals surface area (Å²) >= 11 is 0. The largest absolute Gasteiger partial charge is 0.334 e. The van der Waals surface area contributed by atoms with Crippen LogP contribution in [0.5, 0.6) is 0 Å². The van der Waals surface area contributed by atoms with Gasteiger partial charge in [-0.15, -0.1) is 0 Å². The monoisotopic (exact) mass is 126 g/mol. The molecule has 2 N–H and O–H groups in total. The number of nitrogens with two attached hydrogens (primary N) is 1. The quantitative estimate of drug-likeness (QED) is 0.424. The van der Waals surface area contributed by atoms with E-state index in [9.17, 15) is 0 Å². The lowest BCUT2D eigenvalue weighted by Crippen LogP contribution is -2.20. The molecule has 0 rings (SSSR count). The van der Waals surface area contributed by atoms with Crippen LogP contribution < -0.4 is 5.73 Å². The third kappa shape index (κ3) is 5.19. The predicted octanol–water partition coefficient (Wildman–Crippen LogP) is 0.248. The van der Waals surface area contributed by atoms with Crippen LogP contribution in [0.2, 0.25) is 0 Å². The molecule has 0 radical (unpaired) electrons. The Labute approximate surface area is 57.0 Å². The van der Waals surface area contributed by atoms with Gasteiger partial charge in [0.15, 0.2) is 0 Å². The lowest BCUT2D eigenvalue weighted by Gasteiger charge is -2.06. The number of hydrogen-bond acceptors (Lipinski definition) is 2. The van der Waals surface area contributed by atoms with E-state index in [2.05, 4.69) is 12.0 Å². The molecule has 0 fully saturated rings. The van der Waals surface area contributed by atoms with Gasteiger partial charge >= 0.3 is 0 Å². The van der Waals surface area contributed by atoms with Gasteiger partial charge in [-0.3, -0.25) is 0 Å². The average molecular weight is 126 g/mol. The summed E-state index contributed by atoms with van der Waals surface area (Å²) in [7, 11) is 1.94. The van der Waals surface area contributed by atoms with Crippen molar-refractivity contribution in [2.24, 2.45) is 5.73 Å². The Morgan fingerprint density at radius 3 is 2.67 bits per heavy atom. The summed E-state index contributed by atoms with van der Waals surface area (Å²) < 4.78 is 0. The molecule has 0 atom stereocenters. The molecule has 0 spiro atoms. The second-order valence-electron chi connectivity index (χ2n) is 1.85. The second kappa shape index (κ2) is 5.46. The van der Waals surface area contributed by atoms with Gasteiger partial charge in [-0.05, 0) is 0 Å². The highest BCUT2D eigenvalue weighted by Gasteiger charge is 1.83. The topological polar surface area (TPSA) is 29.3 Å². The minimum absolute atomic E-state index is 0.675. The van der Waals surface area contributed by atoms with Crippen molar-refractivity contribution >= 4 is 0 Å². The van der Waals surface area contributed by atoms with Gasteiger partial charge in [0.1, 0.15) is 0 Å². The van der Waals surface area contributed by atoms with Gasteiger partial charge in [0, 0.05) is 32.6 Å². The molecule has 0 amide bonds. The lowest BCUT2D eigenvalue weighted by atomic mass is 10.5. The lowest BCUT2D eigenvalue weighted by molar-refractivity contribution is 0.493. The highest BCUT2D eigenvalue weighted by atomic mass is 15.1. The molecule has 0 saturated heterocycles. The number of rotatable bonds is 2. The molecule has 52 valence electrons. The van der Waals surface area contributed by atoms with Crippen LogP contribution in [0.4, 0.5) is 0 Å². The summed E-state index contributed by atoms with van der Waals surface area (Å²) in [6.07, 6.45) is 0.912. The van der Waals surface area contributed by atoms with Gasteiger partial charge in [0.25, 0.3) is 0 Å². The molecule has 0 aromatic carbocycles. The van der Waals surface area contributed by atoms with Crippen molar-refractivity contribution in [2.45, 2.75) is 13.3 Å². The zero-order chi connectivity index (χ0) is 7.11. The SMILES string of the molecule is CCC#CN(C)CCN. The molecule has 0 saturated carbocycles. The van der Waals surface area contributed by atoms with Crippen LogP contribution in [0.3, 0.4) is 0 Å². The zero-order valence-corrected chi connectivity index (χ0v) is 6.15. The predicted molar refractivity (Wildman–Crippen MR) is 39.8 cm³/mol. The van der Waals surface area contributed by atoms with Crippen LogP contribution in [-0.2, 0) is 0 Å². The molecule has 9 heavy (non-hydrogen) atoms. The highest BCUT2D eigenvalue weighted by Crippen LogP contribution is 1.75. The van der Waals surface area contributed by atoms with Crippen LogP contribution in [0, 0.1) is 12.0 Å². The minimum atomic E-state index is 0.675. The Bertz CT molecular complexity index is 110. The van der Waals surface area contributed by atoms with Crippen molar-refractivity contribution in [1.82, 2.24) is 4.90 Å². The Morgan fingerprint density at radius 2 is 2.22 bits per heavy atom. The van der Waals surface area contributed by atoms with Gasteiger partial charge in [0.2, 0.25) is 0 Å². The van der Waals surface area contributed by atoms with Crippen LogP contribution in [0.1, 0.15) is 13.3 Å². The molecule has 2 nitrogen and oxygen atoms in total. The number of hydrogen-bond donors (Lipinski definition) is 1. The molecule has 0 heterocycles. The molecule has 0 bridgehead atoms. The standard InChI is InChI=1S/C7H14N2/c1-3-4-6-9(2)7-5-8/h3,5,7-8H2,1-2H3. The van der Waals surface area contributed by atoms with E-state index >= 15 is 0 Å². The van der Waals surface area contributed by atoms with E-state index in [1.807, 2.05) is 18.9 Å². The van der Waals surface area contributed by atoms with Gasteiger partial charge in [-0.2, -0.15) is 0 Å². The van der Waals surface area contributed by atoms with Crippen molar-refractivity contribution in [3.05, 3.63) is 0 Å². The fourth-order valence-electron chi connectivity index (χ4n) is 0.464. The van der Waals surface area contributed by atoms with E-state index in [1.165, 1.54) is 0 Å². The van der Waals surface area contributed by atoms with E-state index in [-0.39, 0.29) is 0 Å². The van der Waals surface area contributed by atoms with E-state index in [0.29, 0.717) is 6.54 Å². The van der Waals surface area contributed by atoms with Crippen LogP contribution in [0.15, 0.2) is 0 Å². The Morgan fingerprint density at radius 1 is 1.56 bits per heavy atom. The first kappa shape index (κ1) is 8.32. The molecule has 0 aliphatic heterocycles. The first-order chi connectivity index (χ1) is 4.31. The number of likely N-dealkylation sites (N-methyl/N-ethyl adjacent to an activating group) is 1. The summed E-state index contributed by atoms with van der Waals surface area (Å²) in [4.78, 5) is 1.91. The maximum Gasteiger partial charge on any atom is 0.0380 e. The summed E-state index contributed by atoms with van der Waals surface area (Å²) in [5.74, 6) is 2.95. The molecule has 2 heteroatoms.